The van der Waals surface area contributed by atoms with Crippen molar-refractivity contribution >= 4 is 22.8 Å². The number of aromatic nitrogens is 1. The Balaban J connectivity index is 2.69. The predicted octanol–water partition coefficient (Wildman–Crippen LogP) is 0.542. The topological polar surface area (TPSA) is 96.7 Å². The van der Waals surface area contributed by atoms with E-state index in [0.717, 1.165) is 11.8 Å². The second-order valence-electron chi connectivity index (χ2n) is 3.78. The third-order valence-electron chi connectivity index (χ3n) is 2.34. The van der Waals surface area contributed by atoms with Crippen LogP contribution < -0.4 is 0 Å². The number of carbonyl (C=O) groups excluding carboxylic acids is 2. The monoisotopic (exact) mass is 285 g/mol. The fraction of sp³-hybridized carbons (Fsp3) is 0.417. The summed E-state index contributed by atoms with van der Waals surface area (Å²) in [7, 11) is 1.25. The van der Waals surface area contributed by atoms with E-state index in [0.29, 0.717) is 5.56 Å². The van der Waals surface area contributed by atoms with Crippen LogP contribution in [0, 0.1) is 0 Å². The first-order valence-corrected chi connectivity index (χ1v) is 6.48. The van der Waals surface area contributed by atoms with Gasteiger partial charge in [0.2, 0.25) is 0 Å². The van der Waals surface area contributed by atoms with Gasteiger partial charge in [-0.2, -0.15) is 0 Å². The maximum atomic E-state index is 11.2. The summed E-state index contributed by atoms with van der Waals surface area (Å²) in [5, 5.41) is 19.4. The lowest BCUT2D eigenvalue weighted by Gasteiger charge is -2.17. The van der Waals surface area contributed by atoms with E-state index in [9.17, 15) is 19.8 Å². The summed E-state index contributed by atoms with van der Waals surface area (Å²) in [4.78, 5) is 25.8. The van der Waals surface area contributed by atoms with Crippen molar-refractivity contribution in [3.05, 3.63) is 29.6 Å². The fourth-order valence-corrected chi connectivity index (χ4v) is 1.91. The number of hydrogen-bond acceptors (Lipinski definition) is 7. The predicted molar refractivity (Wildman–Crippen MR) is 69.7 cm³/mol. The van der Waals surface area contributed by atoms with E-state index >= 15 is 0 Å². The van der Waals surface area contributed by atoms with Gasteiger partial charge < -0.3 is 14.9 Å². The third-order valence-corrected chi connectivity index (χ3v) is 3.26. The van der Waals surface area contributed by atoms with Crippen LogP contribution in [0.1, 0.15) is 29.1 Å². The van der Waals surface area contributed by atoms with Crippen LogP contribution in [0.15, 0.2) is 18.3 Å². The zero-order valence-electron chi connectivity index (χ0n) is 10.6. The van der Waals surface area contributed by atoms with Gasteiger partial charge in [-0.3, -0.25) is 4.79 Å². The van der Waals surface area contributed by atoms with Gasteiger partial charge in [-0.15, -0.1) is 0 Å². The van der Waals surface area contributed by atoms with Crippen molar-refractivity contribution in [1.82, 2.24) is 4.98 Å². The van der Waals surface area contributed by atoms with Gasteiger partial charge in [0.25, 0.3) is 0 Å². The molecule has 7 heteroatoms. The lowest BCUT2D eigenvalue weighted by Crippen LogP contribution is -2.21. The smallest absolute Gasteiger partial charge is 0.356 e. The number of hydrogen-bond donors (Lipinski definition) is 2. The summed E-state index contributed by atoms with van der Waals surface area (Å²) >= 11 is 0.931. The van der Waals surface area contributed by atoms with Gasteiger partial charge in [0.15, 0.2) is 5.12 Å². The van der Waals surface area contributed by atoms with Crippen LogP contribution in [0.25, 0.3) is 0 Å². The quantitative estimate of drug-likeness (QED) is 0.762. The molecule has 0 aliphatic carbocycles. The van der Waals surface area contributed by atoms with Gasteiger partial charge in [0, 0.05) is 24.4 Å². The molecule has 2 N–H and O–H groups in total. The van der Waals surface area contributed by atoms with E-state index < -0.39 is 18.2 Å². The molecule has 1 rings (SSSR count). The highest BCUT2D eigenvalue weighted by Crippen LogP contribution is 2.19. The standard InChI is InChI=1S/C12H15NO5S/c1-7(14)19-6-10(15)11(16)8-3-4-9(13-5-8)12(17)18-2/h3-5,10-11,15-16H,6H2,1-2H3. The number of carbonyl (C=O) groups is 2. The number of nitrogens with zero attached hydrogens (tertiary/aromatic N) is 1. The van der Waals surface area contributed by atoms with Gasteiger partial charge in [-0.1, -0.05) is 17.8 Å². The lowest BCUT2D eigenvalue weighted by atomic mass is 10.1. The van der Waals surface area contributed by atoms with E-state index in [-0.39, 0.29) is 16.6 Å². The second kappa shape index (κ2) is 7.22. The third kappa shape index (κ3) is 4.62. The maximum Gasteiger partial charge on any atom is 0.356 e. The Kier molecular flexibility index (Phi) is 5.94. The number of rotatable bonds is 5. The van der Waals surface area contributed by atoms with E-state index in [2.05, 4.69) is 9.72 Å². The summed E-state index contributed by atoms with van der Waals surface area (Å²) in [5.41, 5.74) is 0.482. The SMILES string of the molecule is COC(=O)c1ccc(C(O)C(O)CSC(C)=O)cn1. The molecule has 2 unspecified atom stereocenters. The van der Waals surface area contributed by atoms with Crippen LogP contribution in [0.4, 0.5) is 0 Å². The Morgan fingerprint density at radius 1 is 1.42 bits per heavy atom. The molecule has 2 atom stereocenters. The summed E-state index contributed by atoms with van der Waals surface area (Å²) in [6.07, 6.45) is -0.954. The fourth-order valence-electron chi connectivity index (χ4n) is 1.32. The normalized spacial score (nSPS) is 13.7. The van der Waals surface area contributed by atoms with Crippen molar-refractivity contribution < 1.29 is 24.5 Å². The highest BCUT2D eigenvalue weighted by Gasteiger charge is 2.20. The maximum absolute atomic E-state index is 11.2. The second-order valence-corrected chi connectivity index (χ2v) is 4.98. The number of aliphatic hydroxyl groups excluding tert-OH is 2. The van der Waals surface area contributed by atoms with Gasteiger partial charge in [-0.05, 0) is 6.07 Å². The number of aliphatic hydroxyl groups is 2. The van der Waals surface area contributed by atoms with Crippen molar-refractivity contribution in [2.75, 3.05) is 12.9 Å². The van der Waals surface area contributed by atoms with Crippen molar-refractivity contribution in [3.8, 4) is 0 Å². The first kappa shape index (κ1) is 15.6. The van der Waals surface area contributed by atoms with Gasteiger partial charge in [-0.25, -0.2) is 9.78 Å². The van der Waals surface area contributed by atoms with Crippen LogP contribution in [0.3, 0.4) is 0 Å². The molecule has 0 aromatic carbocycles. The van der Waals surface area contributed by atoms with Gasteiger partial charge >= 0.3 is 5.97 Å². The molecule has 6 nitrogen and oxygen atoms in total. The molecule has 0 spiro atoms. The van der Waals surface area contributed by atoms with E-state index in [1.165, 1.54) is 32.4 Å². The molecule has 104 valence electrons. The van der Waals surface area contributed by atoms with Crippen LogP contribution in [0.2, 0.25) is 0 Å². The Labute approximate surface area is 114 Å². The largest absolute Gasteiger partial charge is 0.464 e. The Morgan fingerprint density at radius 3 is 2.58 bits per heavy atom. The summed E-state index contributed by atoms with van der Waals surface area (Å²) < 4.78 is 4.49. The molecule has 0 bridgehead atoms. The van der Waals surface area contributed by atoms with E-state index in [1.807, 2.05) is 0 Å². The number of esters is 1. The highest BCUT2D eigenvalue weighted by atomic mass is 32.2. The average molecular weight is 285 g/mol. The minimum Gasteiger partial charge on any atom is -0.464 e. The molecule has 0 amide bonds. The molecule has 0 saturated carbocycles. The van der Waals surface area contributed by atoms with E-state index in [1.54, 1.807) is 0 Å². The van der Waals surface area contributed by atoms with Crippen LogP contribution in [0.5, 0.6) is 0 Å². The minimum absolute atomic E-state index is 0.0925. The molecule has 19 heavy (non-hydrogen) atoms. The number of thioether (sulfide) groups is 1. The molecule has 0 saturated heterocycles. The molecule has 0 aliphatic heterocycles. The van der Waals surface area contributed by atoms with Crippen molar-refractivity contribution in [1.29, 1.82) is 0 Å². The number of methoxy groups -OCH3 is 1. The zero-order chi connectivity index (χ0) is 14.4. The Morgan fingerprint density at radius 2 is 2.11 bits per heavy atom. The molecular formula is C12H15NO5S. The highest BCUT2D eigenvalue weighted by molar-refractivity contribution is 8.13. The number of ether oxygens (including phenoxy) is 1. The van der Waals surface area contributed by atoms with E-state index in [4.69, 9.17) is 0 Å². The summed E-state index contributed by atoms with van der Waals surface area (Å²) in [6, 6.07) is 2.88. The summed E-state index contributed by atoms with van der Waals surface area (Å²) in [6.45, 7) is 1.39. The average Bonchev–Trinajstić information content (AvgIpc) is 2.43. The molecule has 1 aromatic heterocycles. The van der Waals surface area contributed by atoms with Gasteiger partial charge in [0.1, 0.15) is 11.8 Å². The van der Waals surface area contributed by atoms with Crippen molar-refractivity contribution in [2.45, 2.75) is 19.1 Å². The van der Waals surface area contributed by atoms with Crippen LogP contribution >= 0.6 is 11.8 Å². The number of pyridine rings is 1. The summed E-state index contributed by atoms with van der Waals surface area (Å²) in [5.74, 6) is -0.483. The zero-order valence-corrected chi connectivity index (χ0v) is 11.4. The van der Waals surface area contributed by atoms with Crippen molar-refractivity contribution in [3.63, 3.8) is 0 Å². The first-order chi connectivity index (χ1) is 8.95. The molecule has 0 radical (unpaired) electrons. The van der Waals surface area contributed by atoms with Crippen LogP contribution in [-0.2, 0) is 9.53 Å². The van der Waals surface area contributed by atoms with Crippen molar-refractivity contribution in [2.24, 2.45) is 0 Å². The minimum atomic E-state index is -1.16. The molecule has 0 fully saturated rings. The first-order valence-electron chi connectivity index (χ1n) is 5.49. The molecule has 1 heterocycles. The molecule has 0 aliphatic rings. The van der Waals surface area contributed by atoms with Crippen LogP contribution in [-0.4, -0.2) is 45.2 Å². The molecular weight excluding hydrogens is 270 g/mol. The Bertz CT molecular complexity index is 448. The lowest BCUT2D eigenvalue weighted by molar-refractivity contribution is -0.109. The Hall–Kier alpha value is -1.44. The molecule has 1 aromatic rings. The van der Waals surface area contributed by atoms with Gasteiger partial charge in [0.05, 0.1) is 13.2 Å².